The summed E-state index contributed by atoms with van der Waals surface area (Å²) in [6.45, 7) is 6.76. The van der Waals surface area contributed by atoms with Crippen LogP contribution in [0.2, 0.25) is 0 Å². The van der Waals surface area contributed by atoms with Crippen LogP contribution in [0.4, 0.5) is 17.1 Å². The van der Waals surface area contributed by atoms with E-state index >= 15 is 0 Å². The summed E-state index contributed by atoms with van der Waals surface area (Å²) in [6.07, 6.45) is 62.7. The molecule has 0 heterocycles. The monoisotopic (exact) mass is 1250 g/mol. The number of hydrogen-bond acceptors (Lipinski definition) is 9. The SMILES string of the molecule is CCCCCCCCC=CCCCCCCCC(=O)Nc1ccccc1C(=O)O.CCCCCCCCC=CCCCCCCCC(=O)Nc1ccccc1C(=O)[O-].CCCCCCCCC=CCCCCCCCC([O-])=Nc1ccccc1C(=O)[O-].[Cr+3]. The van der Waals surface area contributed by atoms with E-state index in [4.69, 9.17) is 5.11 Å². The van der Waals surface area contributed by atoms with Crippen LogP contribution in [0, 0.1) is 0 Å². The van der Waals surface area contributed by atoms with Gasteiger partial charge in [-0.05, 0) is 133 Å². The third-order valence-corrected chi connectivity index (χ3v) is 15.2. The smallest absolute Gasteiger partial charge is 0.862 e. The minimum atomic E-state index is -1.31. The van der Waals surface area contributed by atoms with E-state index in [1.807, 2.05) is 0 Å². The Morgan fingerprint density at radius 2 is 0.636 bits per heavy atom. The third-order valence-electron chi connectivity index (χ3n) is 15.2. The van der Waals surface area contributed by atoms with Gasteiger partial charge in [-0.25, -0.2) is 4.79 Å². The van der Waals surface area contributed by atoms with E-state index in [0.717, 1.165) is 77.0 Å². The number of carbonyl (C=O) groups excluding carboxylic acids is 4. The number of nitrogens with one attached hydrogen (secondary N) is 2. The topological polar surface area (TPSA) is 211 Å². The van der Waals surface area contributed by atoms with Gasteiger partial charge in [0.15, 0.2) is 0 Å². The summed E-state index contributed by atoms with van der Waals surface area (Å²) < 4.78 is 0. The van der Waals surface area contributed by atoms with Crippen molar-refractivity contribution < 1.29 is 61.8 Å². The Balaban J connectivity index is 0.00000128. The first kappa shape index (κ1) is 82.2. The number of benzene rings is 3. The van der Waals surface area contributed by atoms with Gasteiger partial charge in [-0.15, -0.1) is 0 Å². The summed E-state index contributed by atoms with van der Waals surface area (Å²) in [5, 5.41) is 48.5. The van der Waals surface area contributed by atoms with Gasteiger partial charge in [0.05, 0.1) is 28.9 Å². The Hall–Kier alpha value is -5.77. The summed E-state index contributed by atoms with van der Waals surface area (Å²) in [7, 11) is 0. The van der Waals surface area contributed by atoms with Crippen LogP contribution in [0.25, 0.3) is 0 Å². The molecule has 13 heteroatoms. The van der Waals surface area contributed by atoms with Gasteiger partial charge < -0.3 is 40.6 Å². The van der Waals surface area contributed by atoms with E-state index in [2.05, 4.69) is 72.9 Å². The van der Waals surface area contributed by atoms with Crippen LogP contribution in [-0.2, 0) is 27.0 Å². The van der Waals surface area contributed by atoms with Crippen molar-refractivity contribution in [3.05, 3.63) is 126 Å². The van der Waals surface area contributed by atoms with E-state index in [9.17, 15) is 39.3 Å². The first-order valence-electron chi connectivity index (χ1n) is 34.2. The second-order valence-electron chi connectivity index (χ2n) is 23.1. The van der Waals surface area contributed by atoms with Crippen molar-refractivity contribution in [1.82, 2.24) is 0 Å². The van der Waals surface area contributed by atoms with Crippen molar-refractivity contribution in [2.24, 2.45) is 4.99 Å². The number of carbonyl (C=O) groups is 5. The fraction of sp³-hybridized carbons (Fsp3) is 0.600. The number of nitrogens with zero attached hydrogens (tertiary/aromatic N) is 1. The number of anilines is 2. The van der Waals surface area contributed by atoms with Gasteiger partial charge in [0.2, 0.25) is 11.8 Å². The van der Waals surface area contributed by atoms with E-state index in [1.54, 1.807) is 48.5 Å². The predicted molar refractivity (Wildman–Crippen MR) is 358 cm³/mol. The van der Waals surface area contributed by atoms with Crippen molar-refractivity contribution in [3.8, 4) is 0 Å². The molecule has 0 aliphatic heterocycles. The molecular formula is C75H114CrN3O9. The summed E-state index contributed by atoms with van der Waals surface area (Å²) in [4.78, 5) is 61.1. The van der Waals surface area contributed by atoms with Gasteiger partial charge in [0, 0.05) is 29.7 Å². The molecule has 0 aliphatic carbocycles. The molecule has 0 aliphatic rings. The molecule has 3 aromatic rings. The molecule has 0 atom stereocenters. The molecule has 0 unspecified atom stereocenters. The number of aliphatic imine (C=N–C) groups is 1. The standard InChI is InChI=1S/3C25H39NO3.Cr/c3*1-2-3-4-5-6-7-8-9-10-11-12-13-14-15-16-21-24(27)26-23-20-18-17-19-22(23)25(28)29;/h3*9-10,17-20H,2-8,11-16,21H2,1H3,(H,26,27)(H,28,29);/q;;;+3/p-3. The Kier molecular flexibility index (Phi) is 56.2. The summed E-state index contributed by atoms with van der Waals surface area (Å²) in [5.41, 5.74) is 0.981. The van der Waals surface area contributed by atoms with Gasteiger partial charge in [0.25, 0.3) is 0 Å². The molecule has 0 fully saturated rings. The molecule has 0 aromatic heterocycles. The molecule has 0 saturated heterocycles. The molecule has 3 N–H and O–H groups in total. The van der Waals surface area contributed by atoms with Crippen LogP contribution >= 0.6 is 0 Å². The number of amides is 2. The predicted octanol–water partition coefficient (Wildman–Crippen LogP) is 18.9. The zero-order valence-corrected chi connectivity index (χ0v) is 55.9. The van der Waals surface area contributed by atoms with Gasteiger partial charge in [0.1, 0.15) is 0 Å². The average molecular weight is 1250 g/mol. The number of allylic oxidation sites excluding steroid dienone is 6. The Morgan fingerprint density at radius 3 is 0.977 bits per heavy atom. The van der Waals surface area contributed by atoms with Crippen LogP contribution in [-0.4, -0.2) is 40.7 Å². The van der Waals surface area contributed by atoms with E-state index < -0.39 is 17.9 Å². The molecule has 0 saturated carbocycles. The zero-order valence-electron chi connectivity index (χ0n) is 54.7. The summed E-state index contributed by atoms with van der Waals surface area (Å²) in [6, 6.07) is 19.0. The van der Waals surface area contributed by atoms with E-state index in [0.29, 0.717) is 30.6 Å². The maximum absolute atomic E-state index is 12.0. The quantitative estimate of drug-likeness (QED) is 0.0212. The van der Waals surface area contributed by atoms with Crippen molar-refractivity contribution in [1.29, 1.82) is 0 Å². The van der Waals surface area contributed by atoms with Gasteiger partial charge in [-0.2, -0.15) is 0 Å². The fourth-order valence-corrected chi connectivity index (χ4v) is 9.97. The van der Waals surface area contributed by atoms with Gasteiger partial charge >= 0.3 is 23.3 Å². The minimum Gasteiger partial charge on any atom is -0.862 e. The maximum Gasteiger partial charge on any atom is 3.00 e. The molecule has 0 spiro atoms. The zero-order chi connectivity index (χ0) is 63.5. The van der Waals surface area contributed by atoms with Crippen molar-refractivity contribution in [2.45, 2.75) is 290 Å². The summed E-state index contributed by atoms with van der Waals surface area (Å²) >= 11 is 0. The molecular weight excluding hydrogens is 1140 g/mol. The normalized spacial score (nSPS) is 11.2. The van der Waals surface area contributed by atoms with Crippen LogP contribution < -0.4 is 26.0 Å². The second kappa shape index (κ2) is 60.2. The largest absolute Gasteiger partial charge is 3.00 e. The van der Waals surface area contributed by atoms with Crippen LogP contribution in [0.3, 0.4) is 0 Å². The van der Waals surface area contributed by atoms with Gasteiger partial charge in [-0.3, -0.25) is 14.6 Å². The number of aromatic carboxylic acids is 3. The first-order valence-corrected chi connectivity index (χ1v) is 34.2. The number of hydrogen-bond donors (Lipinski definition) is 3. The molecule has 12 nitrogen and oxygen atoms in total. The van der Waals surface area contributed by atoms with Crippen molar-refractivity contribution in [2.75, 3.05) is 10.6 Å². The average Bonchev–Trinajstić information content (AvgIpc) is 3.25. The number of para-hydroxylation sites is 3. The van der Waals surface area contributed by atoms with Crippen molar-refractivity contribution in [3.63, 3.8) is 0 Å². The number of rotatable bonds is 51. The second-order valence-corrected chi connectivity index (χ2v) is 23.1. The van der Waals surface area contributed by atoms with Crippen LogP contribution in [0.15, 0.2) is 114 Å². The number of carboxylic acid groups (broad SMARTS) is 3. The molecule has 88 heavy (non-hydrogen) atoms. The molecule has 2 amide bonds. The first-order chi connectivity index (χ1) is 42.4. The molecule has 3 rings (SSSR count). The molecule has 489 valence electrons. The Labute approximate surface area is 543 Å². The molecule has 1 radical (unpaired) electrons. The molecule has 0 bridgehead atoms. The number of carboxylic acids is 3. The van der Waals surface area contributed by atoms with Gasteiger partial charge in [-0.1, -0.05) is 260 Å². The third kappa shape index (κ3) is 48.2. The number of unbranched alkanes of at least 4 members (excludes halogenated alkanes) is 33. The van der Waals surface area contributed by atoms with Crippen molar-refractivity contribution >= 4 is 52.7 Å². The maximum atomic E-state index is 12.0. The Bertz CT molecular complexity index is 2260. The van der Waals surface area contributed by atoms with E-state index in [1.165, 1.54) is 198 Å². The molecule has 3 aromatic carbocycles. The van der Waals surface area contributed by atoms with E-state index in [-0.39, 0.29) is 57.5 Å². The summed E-state index contributed by atoms with van der Waals surface area (Å²) in [5.74, 6) is -4.13. The minimum absolute atomic E-state index is 0. The van der Waals surface area contributed by atoms with Crippen LogP contribution in [0.5, 0.6) is 0 Å². The fourth-order valence-electron chi connectivity index (χ4n) is 9.97. The van der Waals surface area contributed by atoms with Crippen LogP contribution in [0.1, 0.15) is 322 Å². The Morgan fingerprint density at radius 1 is 0.364 bits per heavy atom.